The Morgan fingerprint density at radius 1 is 0.966 bits per heavy atom. The standard InChI is InChI=1S/C21H23F3N2O3/c1-14-18(28-2)11-15(12-19(14)29-3)20(27)26-9-7-25(8-10-26)17-6-4-5-16(13-17)21(22,23)24/h4-6,11-13H,7-10H2,1-3H3. The summed E-state index contributed by atoms with van der Waals surface area (Å²) >= 11 is 0. The van der Waals surface area contributed by atoms with E-state index in [1.807, 2.05) is 11.8 Å². The topological polar surface area (TPSA) is 42.0 Å². The van der Waals surface area contributed by atoms with Crippen molar-refractivity contribution >= 4 is 11.6 Å². The number of halogens is 3. The van der Waals surface area contributed by atoms with Crippen molar-refractivity contribution in [2.45, 2.75) is 13.1 Å². The van der Waals surface area contributed by atoms with E-state index in [1.165, 1.54) is 20.3 Å². The largest absolute Gasteiger partial charge is 0.496 e. The first-order valence-electron chi connectivity index (χ1n) is 9.18. The van der Waals surface area contributed by atoms with Crippen molar-refractivity contribution in [1.82, 2.24) is 4.90 Å². The summed E-state index contributed by atoms with van der Waals surface area (Å²) < 4.78 is 49.5. The number of alkyl halides is 3. The summed E-state index contributed by atoms with van der Waals surface area (Å²) in [5, 5.41) is 0. The summed E-state index contributed by atoms with van der Waals surface area (Å²) in [4.78, 5) is 16.5. The van der Waals surface area contributed by atoms with Crippen molar-refractivity contribution in [3.05, 3.63) is 53.1 Å². The Morgan fingerprint density at radius 3 is 2.07 bits per heavy atom. The van der Waals surface area contributed by atoms with Gasteiger partial charge in [0, 0.05) is 43.0 Å². The number of carbonyl (C=O) groups is 1. The van der Waals surface area contributed by atoms with E-state index in [2.05, 4.69) is 0 Å². The van der Waals surface area contributed by atoms with Crippen LogP contribution in [0.25, 0.3) is 0 Å². The number of methoxy groups -OCH3 is 2. The number of carbonyl (C=O) groups excluding carboxylic acids is 1. The average Bonchev–Trinajstić information content (AvgIpc) is 2.73. The van der Waals surface area contributed by atoms with Crippen LogP contribution in [0.2, 0.25) is 0 Å². The smallest absolute Gasteiger partial charge is 0.416 e. The van der Waals surface area contributed by atoms with Crippen molar-refractivity contribution in [2.75, 3.05) is 45.3 Å². The Morgan fingerprint density at radius 2 is 1.55 bits per heavy atom. The fourth-order valence-electron chi connectivity index (χ4n) is 3.44. The lowest BCUT2D eigenvalue weighted by molar-refractivity contribution is -0.137. The maximum atomic E-state index is 13.0. The number of piperazine rings is 1. The molecule has 1 saturated heterocycles. The maximum Gasteiger partial charge on any atom is 0.416 e. The van der Waals surface area contributed by atoms with E-state index in [0.717, 1.165) is 17.7 Å². The quantitative estimate of drug-likeness (QED) is 0.767. The van der Waals surface area contributed by atoms with E-state index in [0.29, 0.717) is 48.9 Å². The predicted octanol–water partition coefficient (Wildman–Crippen LogP) is 3.99. The van der Waals surface area contributed by atoms with Crippen molar-refractivity contribution in [1.29, 1.82) is 0 Å². The highest BCUT2D eigenvalue weighted by Gasteiger charge is 2.31. The summed E-state index contributed by atoms with van der Waals surface area (Å²) in [6, 6.07) is 8.62. The van der Waals surface area contributed by atoms with Crippen LogP contribution in [0.4, 0.5) is 18.9 Å². The Labute approximate surface area is 167 Å². The minimum Gasteiger partial charge on any atom is -0.496 e. The molecule has 8 heteroatoms. The molecule has 0 aromatic heterocycles. The number of ether oxygens (including phenoxy) is 2. The zero-order chi connectivity index (χ0) is 21.2. The monoisotopic (exact) mass is 408 g/mol. The van der Waals surface area contributed by atoms with Crippen LogP contribution in [-0.2, 0) is 6.18 Å². The first kappa shape index (κ1) is 20.8. The van der Waals surface area contributed by atoms with Gasteiger partial charge in [-0.3, -0.25) is 4.79 Å². The second-order valence-electron chi connectivity index (χ2n) is 6.83. The molecule has 0 N–H and O–H groups in total. The van der Waals surface area contributed by atoms with Crippen LogP contribution in [0.3, 0.4) is 0 Å². The zero-order valence-corrected chi connectivity index (χ0v) is 16.5. The van der Waals surface area contributed by atoms with Gasteiger partial charge in [-0.2, -0.15) is 13.2 Å². The van der Waals surface area contributed by atoms with E-state index >= 15 is 0 Å². The highest BCUT2D eigenvalue weighted by atomic mass is 19.4. The van der Waals surface area contributed by atoms with Crippen LogP contribution < -0.4 is 14.4 Å². The molecule has 156 valence electrons. The Kier molecular flexibility index (Phi) is 5.91. The normalized spacial score (nSPS) is 14.7. The van der Waals surface area contributed by atoms with E-state index < -0.39 is 11.7 Å². The van der Waals surface area contributed by atoms with Crippen LogP contribution in [0.5, 0.6) is 11.5 Å². The van der Waals surface area contributed by atoms with Gasteiger partial charge in [0.2, 0.25) is 0 Å². The molecule has 2 aromatic carbocycles. The van der Waals surface area contributed by atoms with Crippen molar-refractivity contribution in [3.63, 3.8) is 0 Å². The van der Waals surface area contributed by atoms with Gasteiger partial charge >= 0.3 is 6.18 Å². The molecule has 1 heterocycles. The number of benzene rings is 2. The van der Waals surface area contributed by atoms with E-state index in [9.17, 15) is 18.0 Å². The lowest BCUT2D eigenvalue weighted by Crippen LogP contribution is -2.48. The molecule has 0 unspecified atom stereocenters. The average molecular weight is 408 g/mol. The number of rotatable bonds is 4. The van der Waals surface area contributed by atoms with Crippen molar-refractivity contribution in [3.8, 4) is 11.5 Å². The predicted molar refractivity (Wildman–Crippen MR) is 104 cm³/mol. The minimum atomic E-state index is -4.38. The third-order valence-electron chi connectivity index (χ3n) is 5.10. The zero-order valence-electron chi connectivity index (χ0n) is 16.5. The molecule has 0 atom stereocenters. The molecule has 0 aliphatic carbocycles. The molecule has 29 heavy (non-hydrogen) atoms. The summed E-state index contributed by atoms with van der Waals surface area (Å²) in [6.07, 6.45) is -4.38. The lowest BCUT2D eigenvalue weighted by atomic mass is 10.1. The molecule has 0 bridgehead atoms. The summed E-state index contributed by atoms with van der Waals surface area (Å²) in [5.41, 5.74) is 1.09. The lowest BCUT2D eigenvalue weighted by Gasteiger charge is -2.36. The molecule has 3 rings (SSSR count). The molecule has 1 amide bonds. The molecule has 1 aliphatic rings. The van der Waals surface area contributed by atoms with Gasteiger partial charge in [0.05, 0.1) is 19.8 Å². The van der Waals surface area contributed by atoms with Crippen molar-refractivity contribution < 1.29 is 27.4 Å². The van der Waals surface area contributed by atoms with Gasteiger partial charge < -0.3 is 19.3 Å². The van der Waals surface area contributed by atoms with Crippen molar-refractivity contribution in [2.24, 2.45) is 0 Å². The highest BCUT2D eigenvalue weighted by molar-refractivity contribution is 5.95. The second-order valence-corrected chi connectivity index (χ2v) is 6.83. The third-order valence-corrected chi connectivity index (χ3v) is 5.10. The van der Waals surface area contributed by atoms with Crippen LogP contribution in [0.1, 0.15) is 21.5 Å². The molecule has 0 saturated carbocycles. The first-order valence-corrected chi connectivity index (χ1v) is 9.18. The van der Waals surface area contributed by atoms with Gasteiger partial charge in [-0.25, -0.2) is 0 Å². The molecule has 2 aromatic rings. The Hall–Kier alpha value is -2.90. The number of amides is 1. The molecular formula is C21H23F3N2O3. The fourth-order valence-corrected chi connectivity index (χ4v) is 3.44. The van der Waals surface area contributed by atoms with Crippen LogP contribution in [-0.4, -0.2) is 51.2 Å². The van der Waals surface area contributed by atoms with Gasteiger partial charge in [-0.1, -0.05) is 6.07 Å². The van der Waals surface area contributed by atoms with Gasteiger partial charge in [-0.05, 0) is 37.3 Å². The van der Waals surface area contributed by atoms with E-state index in [-0.39, 0.29) is 5.91 Å². The van der Waals surface area contributed by atoms with Gasteiger partial charge in [0.1, 0.15) is 11.5 Å². The van der Waals surface area contributed by atoms with Gasteiger partial charge in [0.25, 0.3) is 5.91 Å². The summed E-state index contributed by atoms with van der Waals surface area (Å²) in [6.45, 7) is 3.57. The van der Waals surface area contributed by atoms with E-state index in [1.54, 1.807) is 23.1 Å². The minimum absolute atomic E-state index is 0.162. The Bertz CT molecular complexity index is 866. The molecule has 1 aliphatic heterocycles. The molecular weight excluding hydrogens is 385 g/mol. The number of nitrogens with zero attached hydrogens (tertiary/aromatic N) is 2. The molecule has 1 fully saturated rings. The van der Waals surface area contributed by atoms with E-state index in [4.69, 9.17) is 9.47 Å². The highest BCUT2D eigenvalue weighted by Crippen LogP contribution is 2.32. The molecule has 0 radical (unpaired) electrons. The Balaban J connectivity index is 1.72. The summed E-state index contributed by atoms with van der Waals surface area (Å²) in [7, 11) is 3.06. The van der Waals surface area contributed by atoms with Gasteiger partial charge in [0.15, 0.2) is 0 Å². The fraction of sp³-hybridized carbons (Fsp3) is 0.381. The van der Waals surface area contributed by atoms with Crippen LogP contribution >= 0.6 is 0 Å². The van der Waals surface area contributed by atoms with Crippen LogP contribution in [0.15, 0.2) is 36.4 Å². The summed E-state index contributed by atoms with van der Waals surface area (Å²) in [5.74, 6) is 0.968. The first-order chi connectivity index (χ1) is 13.7. The second kappa shape index (κ2) is 8.23. The maximum absolute atomic E-state index is 13.0. The molecule has 0 spiro atoms. The SMILES string of the molecule is COc1cc(C(=O)N2CCN(c3cccc(C(F)(F)F)c3)CC2)cc(OC)c1C. The number of anilines is 1. The number of hydrogen-bond acceptors (Lipinski definition) is 4. The third kappa shape index (κ3) is 4.41. The van der Waals surface area contributed by atoms with Gasteiger partial charge in [-0.15, -0.1) is 0 Å². The molecule has 5 nitrogen and oxygen atoms in total. The number of hydrogen-bond donors (Lipinski definition) is 0. The van der Waals surface area contributed by atoms with Crippen LogP contribution in [0, 0.1) is 6.92 Å².